The standard InChI is InChI=1S/C20H22N2OS/c1-3-4-13-21-20(23)18-19(16-7-5-6-8-17(16)22-18)24-15-11-9-14(2)10-12-15/h5-12,22H,3-4,13H2,1-2H3,(H,21,23). The first-order chi connectivity index (χ1) is 11.7. The second-order valence-corrected chi connectivity index (χ2v) is 6.98. The second kappa shape index (κ2) is 7.58. The third-order valence-corrected chi connectivity index (χ3v) is 5.08. The number of rotatable bonds is 6. The number of aryl methyl sites for hydroxylation is 1. The number of carbonyl (C=O) groups excluding carboxylic acids is 1. The van der Waals surface area contributed by atoms with E-state index in [1.165, 1.54) is 5.56 Å². The Morgan fingerprint density at radius 2 is 1.88 bits per heavy atom. The van der Waals surface area contributed by atoms with E-state index in [1.807, 2.05) is 18.2 Å². The van der Waals surface area contributed by atoms with E-state index >= 15 is 0 Å². The fraction of sp³-hybridized carbons (Fsp3) is 0.250. The predicted molar refractivity (Wildman–Crippen MR) is 101 cm³/mol. The Bertz CT molecular complexity index is 836. The molecule has 1 heterocycles. The fourth-order valence-electron chi connectivity index (χ4n) is 2.57. The molecule has 24 heavy (non-hydrogen) atoms. The number of hydrogen-bond acceptors (Lipinski definition) is 2. The van der Waals surface area contributed by atoms with Crippen molar-refractivity contribution in [3.8, 4) is 0 Å². The molecule has 0 atom stereocenters. The van der Waals surface area contributed by atoms with Crippen LogP contribution in [0.25, 0.3) is 10.9 Å². The van der Waals surface area contributed by atoms with E-state index in [0.29, 0.717) is 12.2 Å². The zero-order chi connectivity index (χ0) is 16.9. The maximum atomic E-state index is 12.6. The van der Waals surface area contributed by atoms with Crippen molar-refractivity contribution in [3.63, 3.8) is 0 Å². The van der Waals surface area contributed by atoms with Gasteiger partial charge in [-0.3, -0.25) is 4.79 Å². The summed E-state index contributed by atoms with van der Waals surface area (Å²) in [6, 6.07) is 16.5. The number of nitrogens with one attached hydrogen (secondary N) is 2. The highest BCUT2D eigenvalue weighted by Gasteiger charge is 2.18. The number of unbranched alkanes of at least 4 members (excludes halogenated alkanes) is 1. The Morgan fingerprint density at radius 1 is 1.12 bits per heavy atom. The molecule has 2 N–H and O–H groups in total. The van der Waals surface area contributed by atoms with Gasteiger partial charge in [-0.1, -0.05) is 61.0 Å². The third-order valence-electron chi connectivity index (χ3n) is 3.94. The highest BCUT2D eigenvalue weighted by molar-refractivity contribution is 7.99. The molecular formula is C20H22N2OS. The molecule has 1 aromatic heterocycles. The van der Waals surface area contributed by atoms with Crippen molar-refractivity contribution in [2.24, 2.45) is 0 Å². The molecule has 0 aliphatic rings. The van der Waals surface area contributed by atoms with Gasteiger partial charge in [0.25, 0.3) is 5.91 Å². The zero-order valence-electron chi connectivity index (χ0n) is 14.1. The van der Waals surface area contributed by atoms with Crippen LogP contribution in [0.1, 0.15) is 35.8 Å². The fourth-order valence-corrected chi connectivity index (χ4v) is 3.61. The molecule has 124 valence electrons. The smallest absolute Gasteiger partial charge is 0.268 e. The molecule has 0 saturated heterocycles. The summed E-state index contributed by atoms with van der Waals surface area (Å²) in [5.41, 5.74) is 2.88. The lowest BCUT2D eigenvalue weighted by Gasteiger charge is -2.06. The van der Waals surface area contributed by atoms with Gasteiger partial charge in [0.05, 0.1) is 4.90 Å². The minimum atomic E-state index is -0.0331. The highest BCUT2D eigenvalue weighted by Crippen LogP contribution is 2.36. The van der Waals surface area contributed by atoms with Crippen LogP contribution in [-0.2, 0) is 0 Å². The van der Waals surface area contributed by atoms with Crippen LogP contribution in [0, 0.1) is 6.92 Å². The Morgan fingerprint density at radius 3 is 2.62 bits per heavy atom. The number of aromatic amines is 1. The molecular weight excluding hydrogens is 316 g/mol. The molecule has 0 saturated carbocycles. The molecule has 0 unspecified atom stereocenters. The molecule has 0 radical (unpaired) electrons. The van der Waals surface area contributed by atoms with Crippen LogP contribution in [0.15, 0.2) is 58.3 Å². The minimum Gasteiger partial charge on any atom is -0.351 e. The number of para-hydroxylation sites is 1. The molecule has 3 nitrogen and oxygen atoms in total. The van der Waals surface area contributed by atoms with E-state index in [4.69, 9.17) is 0 Å². The number of H-pyrrole nitrogens is 1. The van der Waals surface area contributed by atoms with Gasteiger partial charge in [-0.15, -0.1) is 0 Å². The van der Waals surface area contributed by atoms with Gasteiger partial charge in [0.1, 0.15) is 5.69 Å². The van der Waals surface area contributed by atoms with Crippen LogP contribution in [-0.4, -0.2) is 17.4 Å². The normalized spacial score (nSPS) is 10.9. The van der Waals surface area contributed by atoms with Gasteiger partial charge < -0.3 is 10.3 Å². The number of aromatic nitrogens is 1. The first-order valence-electron chi connectivity index (χ1n) is 8.32. The maximum Gasteiger partial charge on any atom is 0.268 e. The second-order valence-electron chi connectivity index (χ2n) is 5.90. The van der Waals surface area contributed by atoms with Crippen LogP contribution >= 0.6 is 11.8 Å². The van der Waals surface area contributed by atoms with Gasteiger partial charge in [-0.05, 0) is 31.5 Å². The Balaban J connectivity index is 1.95. The first kappa shape index (κ1) is 16.7. The Labute approximate surface area is 146 Å². The largest absolute Gasteiger partial charge is 0.351 e. The first-order valence-corrected chi connectivity index (χ1v) is 9.14. The van der Waals surface area contributed by atoms with Gasteiger partial charge in [-0.25, -0.2) is 0 Å². The highest BCUT2D eigenvalue weighted by atomic mass is 32.2. The summed E-state index contributed by atoms with van der Waals surface area (Å²) >= 11 is 1.63. The Hall–Kier alpha value is -2.20. The summed E-state index contributed by atoms with van der Waals surface area (Å²) in [4.78, 5) is 18.0. The van der Waals surface area contributed by atoms with E-state index in [1.54, 1.807) is 11.8 Å². The average molecular weight is 338 g/mol. The average Bonchev–Trinajstić information content (AvgIpc) is 2.96. The van der Waals surface area contributed by atoms with Crippen LogP contribution in [0.3, 0.4) is 0 Å². The lowest BCUT2D eigenvalue weighted by molar-refractivity contribution is 0.0946. The van der Waals surface area contributed by atoms with Crippen molar-refractivity contribution in [3.05, 3.63) is 59.8 Å². The minimum absolute atomic E-state index is 0.0331. The van der Waals surface area contributed by atoms with Gasteiger partial charge in [-0.2, -0.15) is 0 Å². The lowest BCUT2D eigenvalue weighted by Crippen LogP contribution is -2.25. The van der Waals surface area contributed by atoms with Crippen LogP contribution in [0.5, 0.6) is 0 Å². The van der Waals surface area contributed by atoms with Crippen molar-refractivity contribution < 1.29 is 4.79 Å². The molecule has 3 aromatic rings. The van der Waals surface area contributed by atoms with Gasteiger partial charge >= 0.3 is 0 Å². The van der Waals surface area contributed by atoms with Crippen molar-refractivity contribution in [1.82, 2.24) is 10.3 Å². The number of fused-ring (bicyclic) bond motifs is 1. The summed E-state index contributed by atoms with van der Waals surface area (Å²) in [5, 5.41) is 4.10. The molecule has 0 aliphatic heterocycles. The Kier molecular flexibility index (Phi) is 5.26. The van der Waals surface area contributed by atoms with Crippen LogP contribution in [0.2, 0.25) is 0 Å². The summed E-state index contributed by atoms with van der Waals surface area (Å²) in [6.07, 6.45) is 2.06. The van der Waals surface area contributed by atoms with E-state index in [9.17, 15) is 4.79 Å². The summed E-state index contributed by atoms with van der Waals surface area (Å²) < 4.78 is 0. The van der Waals surface area contributed by atoms with Gasteiger partial charge in [0, 0.05) is 22.3 Å². The van der Waals surface area contributed by atoms with E-state index < -0.39 is 0 Å². The molecule has 4 heteroatoms. The number of amides is 1. The molecule has 0 fully saturated rings. The van der Waals surface area contributed by atoms with Crippen molar-refractivity contribution in [1.29, 1.82) is 0 Å². The van der Waals surface area contributed by atoms with Crippen molar-refractivity contribution in [2.45, 2.75) is 36.5 Å². The SMILES string of the molecule is CCCCNC(=O)c1[nH]c2ccccc2c1Sc1ccc(C)cc1. The van der Waals surface area contributed by atoms with Crippen molar-refractivity contribution in [2.75, 3.05) is 6.54 Å². The summed E-state index contributed by atoms with van der Waals surface area (Å²) in [6.45, 7) is 4.90. The molecule has 0 spiro atoms. The van der Waals surface area contributed by atoms with Crippen LogP contribution < -0.4 is 5.32 Å². The van der Waals surface area contributed by atoms with E-state index in [0.717, 1.165) is 33.5 Å². The van der Waals surface area contributed by atoms with Gasteiger partial charge in [0.15, 0.2) is 0 Å². The predicted octanol–water partition coefficient (Wildman–Crippen LogP) is 5.16. The number of benzene rings is 2. The number of carbonyl (C=O) groups is 1. The zero-order valence-corrected chi connectivity index (χ0v) is 14.9. The topological polar surface area (TPSA) is 44.9 Å². The molecule has 3 rings (SSSR count). The summed E-state index contributed by atoms with van der Waals surface area (Å²) in [5.74, 6) is -0.0331. The summed E-state index contributed by atoms with van der Waals surface area (Å²) in [7, 11) is 0. The molecule has 2 aromatic carbocycles. The van der Waals surface area contributed by atoms with E-state index in [2.05, 4.69) is 54.5 Å². The van der Waals surface area contributed by atoms with E-state index in [-0.39, 0.29) is 5.91 Å². The quantitative estimate of drug-likeness (QED) is 0.610. The van der Waals surface area contributed by atoms with Crippen LogP contribution in [0.4, 0.5) is 0 Å². The molecule has 1 amide bonds. The number of hydrogen-bond donors (Lipinski definition) is 2. The molecule has 0 bridgehead atoms. The maximum absolute atomic E-state index is 12.6. The monoisotopic (exact) mass is 338 g/mol. The van der Waals surface area contributed by atoms with Gasteiger partial charge in [0.2, 0.25) is 0 Å². The third kappa shape index (κ3) is 3.65. The lowest BCUT2D eigenvalue weighted by atomic mass is 10.2. The molecule has 0 aliphatic carbocycles. The van der Waals surface area contributed by atoms with Crippen molar-refractivity contribution >= 4 is 28.6 Å².